The van der Waals surface area contributed by atoms with Crippen molar-refractivity contribution < 1.29 is 13.6 Å². The first-order valence-electron chi connectivity index (χ1n) is 6.84. The van der Waals surface area contributed by atoms with Gasteiger partial charge < -0.3 is 8.84 Å². The molecule has 18 heavy (non-hydrogen) atoms. The molecule has 0 spiro atoms. The highest BCUT2D eigenvalue weighted by Crippen LogP contribution is 2.16. The van der Waals surface area contributed by atoms with Gasteiger partial charge >= 0.3 is 5.97 Å². The van der Waals surface area contributed by atoms with Gasteiger partial charge in [-0.15, -0.1) is 0 Å². The minimum Gasteiger partial charge on any atom is -0.462 e. The predicted molar refractivity (Wildman–Crippen MR) is 76.9 cm³/mol. The van der Waals surface area contributed by atoms with Crippen LogP contribution in [0, 0.1) is 0 Å². The van der Waals surface area contributed by atoms with Crippen molar-refractivity contribution in [3.8, 4) is 0 Å². The van der Waals surface area contributed by atoms with E-state index in [1.165, 1.54) is 0 Å². The van der Waals surface area contributed by atoms with Gasteiger partial charge in [0, 0.05) is 5.57 Å². The second kappa shape index (κ2) is 9.31. The number of ether oxygens (including phenoxy) is 1. The first-order chi connectivity index (χ1) is 8.33. The molecule has 4 heteroatoms. The topological polar surface area (TPSA) is 26.3 Å². The van der Waals surface area contributed by atoms with Crippen LogP contribution in [-0.2, 0) is 9.53 Å². The molecule has 0 aromatic heterocycles. The SMILES string of the molecule is C=C(C)C(=O)OCCCCCCCC[Si](C)(C)F. The fourth-order valence-corrected chi connectivity index (χ4v) is 2.73. The summed E-state index contributed by atoms with van der Waals surface area (Å²) >= 11 is 0. The summed E-state index contributed by atoms with van der Waals surface area (Å²) in [5, 5.41) is 0. The third-order valence-corrected chi connectivity index (χ3v) is 4.29. The summed E-state index contributed by atoms with van der Waals surface area (Å²) in [6.45, 7) is 9.19. The third-order valence-electron chi connectivity index (χ3n) is 2.75. The highest BCUT2D eigenvalue weighted by atomic mass is 28.4. The van der Waals surface area contributed by atoms with Crippen LogP contribution in [0.1, 0.15) is 45.4 Å². The molecule has 0 aromatic carbocycles. The van der Waals surface area contributed by atoms with Crippen LogP contribution in [0.4, 0.5) is 4.11 Å². The normalized spacial score (nSPS) is 11.3. The van der Waals surface area contributed by atoms with Crippen LogP contribution in [-0.4, -0.2) is 21.0 Å². The Bertz CT molecular complexity index is 259. The zero-order valence-corrected chi connectivity index (χ0v) is 13.1. The molecule has 0 aromatic rings. The average molecular weight is 274 g/mol. The van der Waals surface area contributed by atoms with Gasteiger partial charge in [0.1, 0.15) is 0 Å². The molecule has 0 fully saturated rings. The Morgan fingerprint density at radius 3 is 2.11 bits per heavy atom. The molecular weight excluding hydrogens is 247 g/mol. The monoisotopic (exact) mass is 274 g/mol. The molecule has 0 amide bonds. The molecule has 0 saturated heterocycles. The number of carbonyl (C=O) groups is 1. The Labute approximate surface area is 112 Å². The summed E-state index contributed by atoms with van der Waals surface area (Å²) < 4.78 is 18.3. The second-order valence-electron chi connectivity index (χ2n) is 5.51. The highest BCUT2D eigenvalue weighted by Gasteiger charge is 2.18. The van der Waals surface area contributed by atoms with Crippen LogP contribution in [0.3, 0.4) is 0 Å². The van der Waals surface area contributed by atoms with Gasteiger partial charge in [0.05, 0.1) is 6.61 Å². The minimum absolute atomic E-state index is 0.301. The van der Waals surface area contributed by atoms with E-state index in [1.807, 2.05) is 0 Å². The van der Waals surface area contributed by atoms with Crippen molar-refractivity contribution in [2.75, 3.05) is 6.61 Å². The summed E-state index contributed by atoms with van der Waals surface area (Å²) in [5.74, 6) is -0.301. The first kappa shape index (κ1) is 17.4. The van der Waals surface area contributed by atoms with Gasteiger partial charge in [-0.05, 0) is 32.5 Å². The van der Waals surface area contributed by atoms with Gasteiger partial charge in [0.15, 0.2) is 0 Å². The van der Waals surface area contributed by atoms with Crippen LogP contribution < -0.4 is 0 Å². The van der Waals surface area contributed by atoms with E-state index >= 15 is 0 Å². The summed E-state index contributed by atoms with van der Waals surface area (Å²) in [5.41, 5.74) is 0.452. The molecule has 106 valence electrons. The first-order valence-corrected chi connectivity index (χ1v) is 9.93. The zero-order chi connectivity index (χ0) is 14.0. The van der Waals surface area contributed by atoms with Gasteiger partial charge in [-0.2, -0.15) is 0 Å². The molecule has 0 heterocycles. The summed E-state index contributed by atoms with van der Waals surface area (Å²) in [7, 11) is -2.33. The van der Waals surface area contributed by atoms with E-state index in [0.29, 0.717) is 12.2 Å². The molecule has 0 saturated carbocycles. The van der Waals surface area contributed by atoms with Crippen molar-refractivity contribution in [2.24, 2.45) is 0 Å². The summed E-state index contributed by atoms with van der Waals surface area (Å²) in [4.78, 5) is 11.1. The van der Waals surface area contributed by atoms with Gasteiger partial charge in [0.2, 0.25) is 8.41 Å². The Morgan fingerprint density at radius 2 is 1.61 bits per heavy atom. The van der Waals surface area contributed by atoms with Crippen molar-refractivity contribution in [2.45, 2.75) is 64.6 Å². The molecular formula is C14H27FO2Si. The van der Waals surface area contributed by atoms with Crippen molar-refractivity contribution in [3.05, 3.63) is 12.2 Å². The number of carbonyl (C=O) groups excluding carboxylic acids is 1. The Balaban J connectivity index is 3.22. The van der Waals surface area contributed by atoms with Gasteiger partial charge in [-0.25, -0.2) is 4.79 Å². The van der Waals surface area contributed by atoms with E-state index in [1.54, 1.807) is 20.0 Å². The average Bonchev–Trinajstić information content (AvgIpc) is 2.24. The molecule has 0 unspecified atom stereocenters. The van der Waals surface area contributed by atoms with Gasteiger partial charge in [-0.3, -0.25) is 0 Å². The number of hydrogen-bond acceptors (Lipinski definition) is 2. The minimum atomic E-state index is -2.33. The lowest BCUT2D eigenvalue weighted by molar-refractivity contribution is -0.139. The van der Waals surface area contributed by atoms with Crippen molar-refractivity contribution in [1.29, 1.82) is 0 Å². The van der Waals surface area contributed by atoms with E-state index in [-0.39, 0.29) is 5.97 Å². The smallest absolute Gasteiger partial charge is 0.333 e. The quantitative estimate of drug-likeness (QED) is 0.191. The number of halogens is 1. The molecule has 0 N–H and O–H groups in total. The number of esters is 1. The maximum Gasteiger partial charge on any atom is 0.333 e. The lowest BCUT2D eigenvalue weighted by atomic mass is 10.1. The molecule has 2 nitrogen and oxygen atoms in total. The fourth-order valence-electron chi connectivity index (χ4n) is 1.64. The van der Waals surface area contributed by atoms with Crippen molar-refractivity contribution >= 4 is 14.4 Å². The second-order valence-corrected chi connectivity index (χ2v) is 9.44. The molecule has 0 aliphatic carbocycles. The number of hydrogen-bond donors (Lipinski definition) is 0. The molecule has 0 atom stereocenters. The third kappa shape index (κ3) is 11.8. The van der Waals surface area contributed by atoms with Gasteiger partial charge in [0.25, 0.3) is 0 Å². The summed E-state index contributed by atoms with van der Waals surface area (Å²) in [6, 6.07) is 0.781. The Kier molecular flexibility index (Phi) is 8.98. The van der Waals surface area contributed by atoms with E-state index in [0.717, 1.165) is 44.6 Å². The van der Waals surface area contributed by atoms with Crippen LogP contribution in [0.2, 0.25) is 19.1 Å². The predicted octanol–water partition coefficient (Wildman–Crippen LogP) is 4.62. The fraction of sp³-hybridized carbons (Fsp3) is 0.786. The summed E-state index contributed by atoms with van der Waals surface area (Å²) in [6.07, 6.45) is 6.40. The van der Waals surface area contributed by atoms with E-state index in [2.05, 4.69) is 6.58 Å². The van der Waals surface area contributed by atoms with Crippen molar-refractivity contribution in [3.63, 3.8) is 0 Å². The molecule has 0 aliphatic rings. The Hall–Kier alpha value is -0.643. The molecule has 0 radical (unpaired) electrons. The van der Waals surface area contributed by atoms with Gasteiger partial charge in [-0.1, -0.05) is 38.7 Å². The number of rotatable bonds is 10. The molecule has 0 aliphatic heterocycles. The van der Waals surface area contributed by atoms with Crippen LogP contribution in [0.25, 0.3) is 0 Å². The Morgan fingerprint density at radius 1 is 1.11 bits per heavy atom. The molecule has 0 rings (SSSR count). The van der Waals surface area contributed by atoms with E-state index < -0.39 is 8.41 Å². The van der Waals surface area contributed by atoms with E-state index in [4.69, 9.17) is 4.74 Å². The van der Waals surface area contributed by atoms with Crippen LogP contribution in [0.5, 0.6) is 0 Å². The standard InChI is InChI=1S/C14H27FO2Si/c1-13(2)14(16)17-11-9-7-5-6-8-10-12-18(3,4)15/h1,5-12H2,2-4H3. The lowest BCUT2D eigenvalue weighted by Crippen LogP contribution is -2.16. The highest BCUT2D eigenvalue weighted by molar-refractivity contribution is 6.70. The van der Waals surface area contributed by atoms with Crippen LogP contribution >= 0.6 is 0 Å². The maximum atomic E-state index is 13.3. The number of unbranched alkanes of at least 4 members (excludes halogenated alkanes) is 5. The maximum absolute atomic E-state index is 13.3. The lowest BCUT2D eigenvalue weighted by Gasteiger charge is -2.09. The largest absolute Gasteiger partial charge is 0.462 e. The zero-order valence-electron chi connectivity index (χ0n) is 12.1. The van der Waals surface area contributed by atoms with Crippen molar-refractivity contribution in [1.82, 2.24) is 0 Å². The van der Waals surface area contributed by atoms with Crippen LogP contribution in [0.15, 0.2) is 12.2 Å². The molecule has 0 bridgehead atoms. The van der Waals surface area contributed by atoms with E-state index in [9.17, 15) is 8.90 Å².